The lowest BCUT2D eigenvalue weighted by molar-refractivity contribution is -0.507. The number of ether oxygens (including phenoxy) is 4. The van der Waals surface area contributed by atoms with Crippen LogP contribution in [0, 0.1) is 0 Å². The number of halogens is 1. The number of fused-ring (bicyclic) bond motifs is 1. The fraction of sp³-hybridized carbons (Fsp3) is 0.400. The fourth-order valence-corrected chi connectivity index (χ4v) is 5.96. The van der Waals surface area contributed by atoms with Gasteiger partial charge in [0.25, 0.3) is 0 Å². The van der Waals surface area contributed by atoms with E-state index in [4.69, 9.17) is 45.8 Å². The van der Waals surface area contributed by atoms with Gasteiger partial charge in [0, 0.05) is 18.5 Å². The molecule has 0 unspecified atom stereocenters. The molecule has 6 rings (SSSR count). The van der Waals surface area contributed by atoms with E-state index < -0.39 is 48.4 Å². The van der Waals surface area contributed by atoms with Gasteiger partial charge in [0.2, 0.25) is 0 Å². The average Bonchev–Trinajstić information content (AvgIpc) is 3.87. The second-order valence-electron chi connectivity index (χ2n) is 10.9. The lowest BCUT2D eigenvalue weighted by Gasteiger charge is -2.17. The Bertz CT molecular complexity index is 1680. The summed E-state index contributed by atoms with van der Waals surface area (Å²) in [5.41, 5.74) is 3.65. The van der Waals surface area contributed by atoms with Crippen LogP contribution in [0.1, 0.15) is 41.6 Å². The van der Waals surface area contributed by atoms with E-state index in [9.17, 15) is 9.59 Å². The number of tetrazole rings is 1. The molecule has 0 amide bonds. The third-order valence-corrected chi connectivity index (χ3v) is 8.14. The Kier molecular flexibility index (Phi) is 10.2. The van der Waals surface area contributed by atoms with Crippen molar-refractivity contribution in [3.05, 3.63) is 70.8 Å². The average molecular weight is 670 g/mol. The number of aromatic amines is 1. The number of carbonyl (C=O) groups is 2. The fourth-order valence-electron chi connectivity index (χ4n) is 5.68. The molecule has 2 fully saturated rings. The van der Waals surface area contributed by atoms with Crippen molar-refractivity contribution in [2.75, 3.05) is 19.8 Å². The SMILES string of the molecule is CCCCc1nc(Cl)c(C(=O)OCC(=O)O[C@H]2CO[C@H]3[C@@H]2OC[C@H]3ON(O)O)n1Cc1ccc(-c2ccccc2-c2nnn[nH]2)cc1. The smallest absolute Gasteiger partial charge is 0.358 e. The molecule has 0 spiro atoms. The van der Waals surface area contributed by atoms with Gasteiger partial charge < -0.3 is 23.5 Å². The van der Waals surface area contributed by atoms with Crippen LogP contribution in [0.25, 0.3) is 22.5 Å². The lowest BCUT2D eigenvalue weighted by Crippen LogP contribution is -2.37. The summed E-state index contributed by atoms with van der Waals surface area (Å²) in [7, 11) is 0. The highest BCUT2D eigenvalue weighted by Crippen LogP contribution is 2.32. The second-order valence-corrected chi connectivity index (χ2v) is 11.3. The van der Waals surface area contributed by atoms with E-state index in [-0.39, 0.29) is 30.6 Å². The maximum Gasteiger partial charge on any atom is 0.358 e. The molecule has 2 saturated heterocycles. The predicted molar refractivity (Wildman–Crippen MR) is 160 cm³/mol. The zero-order valence-electron chi connectivity index (χ0n) is 25.2. The van der Waals surface area contributed by atoms with Gasteiger partial charge in [0.05, 0.1) is 18.6 Å². The van der Waals surface area contributed by atoms with Crippen molar-refractivity contribution in [3.63, 3.8) is 0 Å². The summed E-state index contributed by atoms with van der Waals surface area (Å²) >= 11 is 6.47. The van der Waals surface area contributed by atoms with Gasteiger partial charge >= 0.3 is 11.9 Å². The second kappa shape index (κ2) is 14.6. The number of hydrogen-bond acceptors (Lipinski definition) is 14. The van der Waals surface area contributed by atoms with Crippen molar-refractivity contribution in [2.24, 2.45) is 0 Å². The molecule has 47 heavy (non-hydrogen) atoms. The van der Waals surface area contributed by atoms with E-state index in [2.05, 4.69) is 32.5 Å². The van der Waals surface area contributed by atoms with Crippen LogP contribution in [0.4, 0.5) is 0 Å². The van der Waals surface area contributed by atoms with Crippen molar-refractivity contribution in [2.45, 2.75) is 57.1 Å². The van der Waals surface area contributed by atoms with Crippen LogP contribution >= 0.6 is 11.6 Å². The van der Waals surface area contributed by atoms with Gasteiger partial charge in [-0.3, -0.25) is 10.4 Å². The first-order valence-electron chi connectivity index (χ1n) is 14.9. The summed E-state index contributed by atoms with van der Waals surface area (Å²) in [5.74, 6) is -0.479. The van der Waals surface area contributed by atoms with Crippen LogP contribution in [0.5, 0.6) is 0 Å². The van der Waals surface area contributed by atoms with Crippen molar-refractivity contribution in [1.82, 2.24) is 35.6 Å². The highest BCUT2D eigenvalue weighted by Gasteiger charge is 2.51. The number of nitrogens with one attached hydrogen (secondary N) is 1. The van der Waals surface area contributed by atoms with Gasteiger partial charge in [-0.15, -0.1) is 5.10 Å². The zero-order valence-corrected chi connectivity index (χ0v) is 25.9. The first-order valence-corrected chi connectivity index (χ1v) is 15.3. The molecule has 4 atom stereocenters. The van der Waals surface area contributed by atoms with E-state index in [1.807, 2.05) is 48.5 Å². The highest BCUT2D eigenvalue weighted by atomic mass is 35.5. The maximum atomic E-state index is 13.3. The number of aryl methyl sites for hydroxylation is 1. The number of H-pyrrole nitrogens is 1. The van der Waals surface area contributed by atoms with Gasteiger partial charge in [-0.25, -0.2) is 24.5 Å². The van der Waals surface area contributed by atoms with E-state index >= 15 is 0 Å². The maximum absolute atomic E-state index is 13.3. The molecule has 2 aromatic carbocycles. The largest absolute Gasteiger partial charge is 0.454 e. The topological polar surface area (TPSA) is 196 Å². The van der Waals surface area contributed by atoms with Crippen LogP contribution < -0.4 is 0 Å². The minimum Gasteiger partial charge on any atom is -0.454 e. The Balaban J connectivity index is 1.13. The lowest BCUT2D eigenvalue weighted by atomic mass is 9.98. The van der Waals surface area contributed by atoms with Crippen LogP contribution in [0.3, 0.4) is 0 Å². The minimum atomic E-state index is -0.828. The van der Waals surface area contributed by atoms with Crippen molar-refractivity contribution >= 4 is 23.5 Å². The normalized spacial score (nSPS) is 20.4. The van der Waals surface area contributed by atoms with Gasteiger partial charge in [-0.05, 0) is 33.5 Å². The molecular formula is C30H32ClN7O9. The zero-order chi connectivity index (χ0) is 32.9. The molecule has 2 aliphatic heterocycles. The Morgan fingerprint density at radius 3 is 2.49 bits per heavy atom. The van der Waals surface area contributed by atoms with Gasteiger partial charge in [0.15, 0.2) is 29.4 Å². The van der Waals surface area contributed by atoms with Crippen LogP contribution in [-0.2, 0) is 41.5 Å². The minimum absolute atomic E-state index is 0.00472. The summed E-state index contributed by atoms with van der Waals surface area (Å²) in [6.45, 7) is 1.64. The molecule has 3 N–H and O–H groups in total. The molecule has 0 aliphatic carbocycles. The van der Waals surface area contributed by atoms with E-state index in [0.717, 1.165) is 35.1 Å². The standard InChI is InChI=1S/C30H32ClN7O9/c1-2-3-8-23-32-28(31)25(30(40)45-16-24(39)46-21-14-43-27-22(47-38(41)42)15-44-26(21)27)37(23)13-17-9-11-18(12-10-17)19-6-4-5-7-20(19)29-33-35-36-34-29/h4-7,9-12,21-22,26-27,41-42H,2-3,8,13-16H2,1H3,(H,33,34,35,36)/t21-,22+,26+,27+/m0/s1. The van der Waals surface area contributed by atoms with E-state index in [1.165, 1.54) is 0 Å². The van der Waals surface area contributed by atoms with Gasteiger partial charge in [-0.1, -0.05) is 73.5 Å². The number of benzene rings is 2. The third-order valence-electron chi connectivity index (χ3n) is 7.88. The van der Waals surface area contributed by atoms with Crippen LogP contribution in [0.15, 0.2) is 48.5 Å². The molecule has 0 saturated carbocycles. The Morgan fingerprint density at radius 1 is 1.06 bits per heavy atom. The highest BCUT2D eigenvalue weighted by molar-refractivity contribution is 6.32. The number of hydrogen-bond donors (Lipinski definition) is 3. The summed E-state index contributed by atoms with van der Waals surface area (Å²) < 4.78 is 23.6. The Labute approximate surface area is 273 Å². The molecule has 0 bridgehead atoms. The summed E-state index contributed by atoms with van der Waals surface area (Å²) in [6, 6.07) is 15.6. The molecule has 248 valence electrons. The molecule has 4 heterocycles. The number of unbranched alkanes of at least 4 members (excludes halogenated alkanes) is 1. The first-order chi connectivity index (χ1) is 22.8. The first kappa shape index (κ1) is 32.6. The van der Waals surface area contributed by atoms with Crippen LogP contribution in [-0.4, -0.2) is 102 Å². The summed E-state index contributed by atoms with van der Waals surface area (Å²) in [6.07, 6.45) is -0.646. The number of aromatic nitrogens is 6. The summed E-state index contributed by atoms with van der Waals surface area (Å²) in [4.78, 5) is 35.2. The molecule has 2 aromatic heterocycles. The molecule has 17 heteroatoms. The van der Waals surface area contributed by atoms with Crippen molar-refractivity contribution in [3.8, 4) is 22.5 Å². The molecule has 2 aliphatic rings. The third kappa shape index (κ3) is 7.33. The molecule has 0 radical (unpaired) electrons. The predicted octanol–water partition coefficient (Wildman–Crippen LogP) is 3.02. The number of imidazole rings is 1. The molecular weight excluding hydrogens is 638 g/mol. The van der Waals surface area contributed by atoms with E-state index in [1.54, 1.807) is 4.57 Å². The molecule has 16 nitrogen and oxygen atoms in total. The van der Waals surface area contributed by atoms with Crippen molar-refractivity contribution in [1.29, 1.82) is 0 Å². The number of rotatable bonds is 13. The quantitative estimate of drug-likeness (QED) is 0.139. The van der Waals surface area contributed by atoms with Crippen molar-refractivity contribution < 1.29 is 43.8 Å². The Morgan fingerprint density at radius 2 is 1.79 bits per heavy atom. The molecule has 4 aromatic rings. The van der Waals surface area contributed by atoms with Gasteiger partial charge in [-0.2, -0.15) is 0 Å². The number of carbonyl (C=O) groups excluding carboxylic acids is 2. The number of esters is 2. The Hall–Kier alpha value is -4.29. The monoisotopic (exact) mass is 669 g/mol. The van der Waals surface area contributed by atoms with Crippen LogP contribution in [0.2, 0.25) is 5.15 Å². The summed E-state index contributed by atoms with van der Waals surface area (Å²) in [5, 5.41) is 31.6. The van der Waals surface area contributed by atoms with E-state index in [0.29, 0.717) is 18.1 Å². The number of nitrogens with zero attached hydrogens (tertiary/aromatic N) is 6. The van der Waals surface area contributed by atoms with Gasteiger partial charge in [0.1, 0.15) is 24.1 Å².